The van der Waals surface area contributed by atoms with Gasteiger partial charge >= 0.3 is 0 Å². The summed E-state index contributed by atoms with van der Waals surface area (Å²) in [4.78, 5) is 12.0. The Morgan fingerprint density at radius 1 is 1.22 bits per heavy atom. The van der Waals surface area contributed by atoms with E-state index in [2.05, 4.69) is 57.2 Å². The second-order valence-corrected chi connectivity index (χ2v) is 8.46. The third-order valence-corrected chi connectivity index (χ3v) is 6.14. The number of hydrogen-bond acceptors (Lipinski definition) is 4. The van der Waals surface area contributed by atoms with E-state index in [1.165, 1.54) is 12.0 Å². The van der Waals surface area contributed by atoms with Crippen molar-refractivity contribution in [2.45, 2.75) is 32.2 Å². The van der Waals surface area contributed by atoms with Gasteiger partial charge in [-0.3, -0.25) is 14.6 Å². The summed E-state index contributed by atoms with van der Waals surface area (Å²) in [6.07, 6.45) is 5.32. The normalized spacial score (nSPS) is 24.0. The van der Waals surface area contributed by atoms with Crippen LogP contribution in [0.5, 0.6) is 0 Å². The molecule has 0 amide bonds. The highest BCUT2D eigenvalue weighted by Gasteiger charge is 2.29. The fourth-order valence-corrected chi connectivity index (χ4v) is 4.34. The van der Waals surface area contributed by atoms with Gasteiger partial charge in [0.05, 0.1) is 6.20 Å². The topological polar surface area (TPSA) is 51.9 Å². The van der Waals surface area contributed by atoms with Crippen LogP contribution in [0.4, 0.5) is 0 Å². The molecule has 2 unspecified atom stereocenters. The SMILES string of the molecule is CN=C(NCC(C(C)C)N1CCN(C)CC1)N1CCC(c2cnn(C)c2)C1. The summed E-state index contributed by atoms with van der Waals surface area (Å²) in [6.45, 7) is 12.4. The minimum absolute atomic E-state index is 0.548. The van der Waals surface area contributed by atoms with Gasteiger partial charge < -0.3 is 15.1 Å². The molecule has 0 radical (unpaired) electrons. The van der Waals surface area contributed by atoms with E-state index < -0.39 is 0 Å². The Morgan fingerprint density at radius 3 is 2.56 bits per heavy atom. The van der Waals surface area contributed by atoms with Crippen LogP contribution < -0.4 is 5.32 Å². The number of nitrogens with one attached hydrogen (secondary N) is 1. The van der Waals surface area contributed by atoms with Crippen LogP contribution in [0.2, 0.25) is 0 Å². The predicted octanol–water partition coefficient (Wildman–Crippen LogP) is 1.06. The molecule has 0 aromatic carbocycles. The van der Waals surface area contributed by atoms with Crippen LogP contribution in [0.3, 0.4) is 0 Å². The minimum atomic E-state index is 0.548. The first-order valence-corrected chi connectivity index (χ1v) is 10.3. The Balaban J connectivity index is 1.55. The van der Waals surface area contributed by atoms with Crippen LogP contribution in [-0.4, -0.2) is 96.4 Å². The number of guanidine groups is 1. The summed E-state index contributed by atoms with van der Waals surface area (Å²) in [5.41, 5.74) is 1.34. The molecule has 0 saturated carbocycles. The van der Waals surface area contributed by atoms with Crippen molar-refractivity contribution in [1.82, 2.24) is 29.8 Å². The third kappa shape index (κ3) is 5.02. The smallest absolute Gasteiger partial charge is 0.193 e. The van der Waals surface area contributed by atoms with Crippen molar-refractivity contribution < 1.29 is 0 Å². The van der Waals surface area contributed by atoms with Crippen molar-refractivity contribution in [2.24, 2.45) is 18.0 Å². The van der Waals surface area contributed by atoms with Gasteiger partial charge in [-0.1, -0.05) is 13.8 Å². The first-order valence-electron chi connectivity index (χ1n) is 10.3. The Kier molecular flexibility index (Phi) is 6.76. The molecule has 3 rings (SSSR count). The van der Waals surface area contributed by atoms with Crippen molar-refractivity contribution in [3.8, 4) is 0 Å². The quantitative estimate of drug-likeness (QED) is 0.616. The molecule has 2 aliphatic rings. The van der Waals surface area contributed by atoms with Gasteiger partial charge in [0.1, 0.15) is 0 Å². The van der Waals surface area contributed by atoms with Crippen LogP contribution >= 0.6 is 0 Å². The van der Waals surface area contributed by atoms with E-state index in [-0.39, 0.29) is 0 Å². The molecular weight excluding hydrogens is 338 g/mol. The van der Waals surface area contributed by atoms with E-state index in [0.717, 1.165) is 51.8 Å². The molecular formula is C20H37N7. The highest BCUT2D eigenvalue weighted by molar-refractivity contribution is 5.80. The second-order valence-electron chi connectivity index (χ2n) is 8.46. The van der Waals surface area contributed by atoms with Gasteiger partial charge in [0.15, 0.2) is 5.96 Å². The monoisotopic (exact) mass is 375 g/mol. The zero-order chi connectivity index (χ0) is 19.4. The van der Waals surface area contributed by atoms with Gasteiger partial charge in [-0.25, -0.2) is 0 Å². The third-order valence-electron chi connectivity index (χ3n) is 6.14. The molecule has 0 aliphatic carbocycles. The minimum Gasteiger partial charge on any atom is -0.355 e. The van der Waals surface area contributed by atoms with E-state index in [1.807, 2.05) is 25.0 Å². The zero-order valence-corrected chi connectivity index (χ0v) is 17.7. The average Bonchev–Trinajstić information content (AvgIpc) is 3.29. The number of rotatable bonds is 5. The summed E-state index contributed by atoms with van der Waals surface area (Å²) in [5.74, 6) is 2.22. The fraction of sp³-hybridized carbons (Fsp3) is 0.800. The molecule has 2 atom stereocenters. The number of likely N-dealkylation sites (tertiary alicyclic amines) is 1. The van der Waals surface area contributed by atoms with Crippen LogP contribution in [0.1, 0.15) is 31.7 Å². The van der Waals surface area contributed by atoms with Crippen molar-refractivity contribution in [2.75, 3.05) is 59.9 Å². The standard InChI is InChI=1S/C20H37N7/c1-16(2)19(26-10-8-24(4)9-11-26)13-22-20(21-3)27-7-6-17(15-27)18-12-23-25(5)14-18/h12,14,16-17,19H,6-11,13,15H2,1-5H3,(H,21,22). The van der Waals surface area contributed by atoms with Crippen LogP contribution in [0.25, 0.3) is 0 Å². The number of nitrogens with zero attached hydrogens (tertiary/aromatic N) is 6. The van der Waals surface area contributed by atoms with Crippen molar-refractivity contribution in [1.29, 1.82) is 0 Å². The molecule has 0 spiro atoms. The number of hydrogen-bond donors (Lipinski definition) is 1. The average molecular weight is 376 g/mol. The van der Waals surface area contributed by atoms with Crippen LogP contribution in [-0.2, 0) is 7.05 Å². The molecule has 1 aromatic rings. The van der Waals surface area contributed by atoms with E-state index in [1.54, 1.807) is 0 Å². The predicted molar refractivity (Wildman–Crippen MR) is 111 cm³/mol. The molecule has 7 heteroatoms. The van der Waals surface area contributed by atoms with E-state index in [9.17, 15) is 0 Å². The van der Waals surface area contributed by atoms with Gasteiger partial charge in [0.2, 0.25) is 0 Å². The maximum Gasteiger partial charge on any atom is 0.193 e. The van der Waals surface area contributed by atoms with E-state index in [4.69, 9.17) is 0 Å². The van der Waals surface area contributed by atoms with E-state index in [0.29, 0.717) is 17.9 Å². The Hall–Kier alpha value is -1.60. The molecule has 1 N–H and O–H groups in total. The van der Waals surface area contributed by atoms with Gasteiger partial charge in [0, 0.05) is 78.1 Å². The number of aliphatic imine (C=N–C) groups is 1. The second kappa shape index (κ2) is 9.06. The molecule has 7 nitrogen and oxygen atoms in total. The van der Waals surface area contributed by atoms with Gasteiger partial charge in [-0.15, -0.1) is 0 Å². The van der Waals surface area contributed by atoms with Crippen LogP contribution in [0, 0.1) is 5.92 Å². The summed E-state index contributed by atoms with van der Waals surface area (Å²) in [6, 6.07) is 0.548. The van der Waals surface area contributed by atoms with Crippen LogP contribution in [0.15, 0.2) is 17.4 Å². The summed E-state index contributed by atoms with van der Waals surface area (Å²) < 4.78 is 1.90. The molecule has 1 aromatic heterocycles. The maximum absolute atomic E-state index is 4.58. The van der Waals surface area contributed by atoms with Crippen molar-refractivity contribution in [3.63, 3.8) is 0 Å². The number of aromatic nitrogens is 2. The lowest BCUT2D eigenvalue weighted by atomic mass is 10.0. The molecule has 0 bridgehead atoms. The van der Waals surface area contributed by atoms with Crippen molar-refractivity contribution >= 4 is 5.96 Å². The Labute approximate surface area is 164 Å². The van der Waals surface area contributed by atoms with Gasteiger partial charge in [0.25, 0.3) is 0 Å². The zero-order valence-electron chi connectivity index (χ0n) is 17.7. The molecule has 2 fully saturated rings. The lowest BCUT2D eigenvalue weighted by Crippen LogP contribution is -2.55. The van der Waals surface area contributed by atoms with Crippen molar-refractivity contribution in [3.05, 3.63) is 18.0 Å². The van der Waals surface area contributed by atoms with Gasteiger partial charge in [-0.05, 0) is 24.9 Å². The number of piperazine rings is 1. The van der Waals surface area contributed by atoms with Gasteiger partial charge in [-0.2, -0.15) is 5.10 Å². The summed E-state index contributed by atoms with van der Waals surface area (Å²) in [5, 5.41) is 8.01. The first kappa shape index (κ1) is 20.1. The maximum atomic E-state index is 4.58. The molecule has 27 heavy (non-hydrogen) atoms. The summed E-state index contributed by atoms with van der Waals surface area (Å²) in [7, 11) is 6.11. The van der Waals surface area contributed by atoms with E-state index >= 15 is 0 Å². The number of aryl methyl sites for hydroxylation is 1. The molecule has 2 saturated heterocycles. The Morgan fingerprint density at radius 2 is 1.96 bits per heavy atom. The largest absolute Gasteiger partial charge is 0.355 e. The highest BCUT2D eigenvalue weighted by Crippen LogP contribution is 2.26. The molecule has 2 aliphatic heterocycles. The number of likely N-dealkylation sites (N-methyl/N-ethyl adjacent to an activating group) is 1. The Bertz CT molecular complexity index is 616. The molecule has 3 heterocycles. The molecule has 152 valence electrons. The summed E-state index contributed by atoms with van der Waals surface area (Å²) >= 11 is 0. The first-order chi connectivity index (χ1) is 13.0. The lowest BCUT2D eigenvalue weighted by Gasteiger charge is -2.40. The highest BCUT2D eigenvalue weighted by atomic mass is 15.3. The lowest BCUT2D eigenvalue weighted by molar-refractivity contribution is 0.0897. The fourth-order valence-electron chi connectivity index (χ4n) is 4.34.